The van der Waals surface area contributed by atoms with Gasteiger partial charge in [0, 0.05) is 5.69 Å². The van der Waals surface area contributed by atoms with Crippen molar-refractivity contribution in [2.45, 2.75) is 20.8 Å². The molecular formula is C21H20N2O3S. The lowest BCUT2D eigenvalue weighted by molar-refractivity contribution is -0.127. The van der Waals surface area contributed by atoms with Crippen molar-refractivity contribution < 1.29 is 14.4 Å². The highest BCUT2D eigenvalue weighted by molar-refractivity contribution is 8.18. The molecule has 6 heteroatoms. The van der Waals surface area contributed by atoms with Crippen LogP contribution >= 0.6 is 11.8 Å². The van der Waals surface area contributed by atoms with Crippen LogP contribution in [0, 0.1) is 20.8 Å². The van der Waals surface area contributed by atoms with Gasteiger partial charge in [0.1, 0.15) is 6.54 Å². The van der Waals surface area contributed by atoms with E-state index in [-0.39, 0.29) is 6.54 Å². The molecule has 2 aromatic carbocycles. The molecule has 1 N–H and O–H groups in total. The van der Waals surface area contributed by atoms with Crippen LogP contribution in [0.2, 0.25) is 0 Å². The Kier molecular flexibility index (Phi) is 5.46. The number of anilines is 1. The molecule has 5 nitrogen and oxygen atoms in total. The number of nitrogens with zero attached hydrogens (tertiary/aromatic N) is 1. The largest absolute Gasteiger partial charge is 0.325 e. The highest BCUT2D eigenvalue weighted by Gasteiger charge is 2.36. The number of amides is 3. The van der Waals surface area contributed by atoms with Crippen LogP contribution in [-0.4, -0.2) is 28.5 Å². The van der Waals surface area contributed by atoms with Gasteiger partial charge in [0.2, 0.25) is 5.91 Å². The van der Waals surface area contributed by atoms with Crippen LogP contribution in [0.4, 0.5) is 10.5 Å². The minimum Gasteiger partial charge on any atom is -0.325 e. The number of carbonyl (C=O) groups is 3. The fraction of sp³-hybridized carbons (Fsp3) is 0.190. The molecule has 0 unspecified atom stereocenters. The van der Waals surface area contributed by atoms with Crippen molar-refractivity contribution in [2.75, 3.05) is 11.9 Å². The van der Waals surface area contributed by atoms with Gasteiger partial charge in [-0.2, -0.15) is 0 Å². The number of rotatable bonds is 4. The summed E-state index contributed by atoms with van der Waals surface area (Å²) < 4.78 is 0. The van der Waals surface area contributed by atoms with Crippen LogP contribution in [0.15, 0.2) is 47.4 Å². The fourth-order valence-corrected chi connectivity index (χ4v) is 3.55. The molecule has 1 aliphatic rings. The summed E-state index contributed by atoms with van der Waals surface area (Å²) in [6.45, 7) is 5.60. The quantitative estimate of drug-likeness (QED) is 0.804. The Balaban J connectivity index is 1.69. The molecule has 2 aromatic rings. The highest BCUT2D eigenvalue weighted by Crippen LogP contribution is 2.32. The zero-order valence-corrected chi connectivity index (χ0v) is 16.2. The molecule has 0 bridgehead atoms. The Morgan fingerprint density at radius 1 is 1.07 bits per heavy atom. The summed E-state index contributed by atoms with van der Waals surface area (Å²) in [5, 5.41) is 2.30. The van der Waals surface area contributed by atoms with E-state index in [1.807, 2.05) is 57.2 Å². The molecular weight excluding hydrogens is 360 g/mol. The van der Waals surface area contributed by atoms with Crippen LogP contribution in [0.5, 0.6) is 0 Å². The molecule has 1 heterocycles. The normalized spacial score (nSPS) is 15.5. The zero-order chi connectivity index (χ0) is 19.6. The topological polar surface area (TPSA) is 66.5 Å². The molecule has 0 aliphatic carbocycles. The number of benzene rings is 2. The third-order valence-corrected chi connectivity index (χ3v) is 5.21. The monoisotopic (exact) mass is 380 g/mol. The maximum absolute atomic E-state index is 12.5. The van der Waals surface area contributed by atoms with Crippen molar-refractivity contribution in [3.63, 3.8) is 0 Å². The van der Waals surface area contributed by atoms with E-state index in [1.165, 1.54) is 0 Å². The SMILES string of the molecule is Cc1cccc(C=C2SC(=O)N(CC(=O)Nc3ccc(C)c(C)c3)C2=O)c1. The first-order chi connectivity index (χ1) is 12.8. The fourth-order valence-electron chi connectivity index (χ4n) is 2.71. The second-order valence-electron chi connectivity index (χ2n) is 6.53. The standard InChI is InChI=1S/C21H20N2O3S/c1-13-5-4-6-16(9-13)11-18-20(25)23(21(26)27-18)12-19(24)22-17-8-7-14(2)15(3)10-17/h4-11H,12H2,1-3H3,(H,22,24). The van der Waals surface area contributed by atoms with Crippen molar-refractivity contribution in [3.8, 4) is 0 Å². The van der Waals surface area contributed by atoms with Gasteiger partial charge < -0.3 is 5.32 Å². The molecule has 0 saturated carbocycles. The summed E-state index contributed by atoms with van der Waals surface area (Å²) in [6.07, 6.45) is 1.68. The van der Waals surface area contributed by atoms with E-state index in [0.29, 0.717) is 10.6 Å². The summed E-state index contributed by atoms with van der Waals surface area (Å²) in [4.78, 5) is 38.3. The van der Waals surface area contributed by atoms with E-state index in [2.05, 4.69) is 5.32 Å². The van der Waals surface area contributed by atoms with Crippen LogP contribution in [0.3, 0.4) is 0 Å². The van der Waals surface area contributed by atoms with Gasteiger partial charge in [-0.3, -0.25) is 19.3 Å². The Bertz CT molecular complexity index is 966. The molecule has 1 aliphatic heterocycles. The molecule has 0 atom stereocenters. The summed E-state index contributed by atoms with van der Waals surface area (Å²) in [6, 6.07) is 13.2. The average molecular weight is 380 g/mol. The van der Waals surface area contributed by atoms with Crippen molar-refractivity contribution in [2.24, 2.45) is 0 Å². The van der Waals surface area contributed by atoms with Gasteiger partial charge in [-0.1, -0.05) is 35.9 Å². The van der Waals surface area contributed by atoms with Gasteiger partial charge in [-0.25, -0.2) is 0 Å². The van der Waals surface area contributed by atoms with E-state index in [9.17, 15) is 14.4 Å². The molecule has 0 radical (unpaired) electrons. The molecule has 0 aromatic heterocycles. The van der Waals surface area contributed by atoms with Crippen LogP contribution in [0.25, 0.3) is 6.08 Å². The number of nitrogens with one attached hydrogen (secondary N) is 1. The Morgan fingerprint density at radius 2 is 1.85 bits per heavy atom. The number of carbonyl (C=O) groups excluding carboxylic acids is 3. The first-order valence-electron chi connectivity index (χ1n) is 8.52. The number of aryl methyl sites for hydroxylation is 3. The van der Waals surface area contributed by atoms with E-state index >= 15 is 0 Å². The summed E-state index contributed by atoms with van der Waals surface area (Å²) in [5.41, 5.74) is 4.74. The minimum atomic E-state index is -0.443. The number of imide groups is 1. The molecule has 1 fully saturated rings. The Hall–Kier alpha value is -2.86. The Labute approximate surface area is 162 Å². The summed E-state index contributed by atoms with van der Waals surface area (Å²) in [7, 11) is 0. The second kappa shape index (κ2) is 7.80. The molecule has 1 saturated heterocycles. The molecule has 0 spiro atoms. The van der Waals surface area contributed by atoms with Gasteiger partial charge in [0.25, 0.3) is 11.1 Å². The van der Waals surface area contributed by atoms with Gasteiger partial charge in [-0.15, -0.1) is 0 Å². The molecule has 27 heavy (non-hydrogen) atoms. The van der Waals surface area contributed by atoms with E-state index in [0.717, 1.165) is 38.9 Å². The summed E-state index contributed by atoms with van der Waals surface area (Å²) in [5.74, 6) is -0.848. The van der Waals surface area contributed by atoms with Gasteiger partial charge in [0.15, 0.2) is 0 Å². The summed E-state index contributed by atoms with van der Waals surface area (Å²) >= 11 is 0.854. The predicted octanol–water partition coefficient (Wildman–Crippen LogP) is 4.29. The van der Waals surface area contributed by atoms with E-state index < -0.39 is 17.1 Å². The minimum absolute atomic E-state index is 0.303. The van der Waals surface area contributed by atoms with Crippen LogP contribution < -0.4 is 5.32 Å². The van der Waals surface area contributed by atoms with Crippen LogP contribution in [0.1, 0.15) is 22.3 Å². The first-order valence-corrected chi connectivity index (χ1v) is 9.34. The maximum Gasteiger partial charge on any atom is 0.294 e. The average Bonchev–Trinajstić information content (AvgIpc) is 2.86. The van der Waals surface area contributed by atoms with Crippen molar-refractivity contribution in [1.82, 2.24) is 4.90 Å². The van der Waals surface area contributed by atoms with Crippen molar-refractivity contribution in [3.05, 3.63) is 69.6 Å². The van der Waals surface area contributed by atoms with Gasteiger partial charge in [0.05, 0.1) is 4.91 Å². The predicted molar refractivity (Wildman–Crippen MR) is 108 cm³/mol. The van der Waals surface area contributed by atoms with Gasteiger partial charge in [-0.05, 0) is 67.4 Å². The van der Waals surface area contributed by atoms with Crippen LogP contribution in [-0.2, 0) is 9.59 Å². The Morgan fingerprint density at radius 3 is 2.56 bits per heavy atom. The highest BCUT2D eigenvalue weighted by atomic mass is 32.2. The third kappa shape index (κ3) is 4.46. The number of hydrogen-bond acceptors (Lipinski definition) is 4. The second-order valence-corrected chi connectivity index (χ2v) is 7.52. The number of thioether (sulfide) groups is 1. The van der Waals surface area contributed by atoms with Crippen molar-refractivity contribution >= 4 is 40.6 Å². The molecule has 3 amide bonds. The van der Waals surface area contributed by atoms with E-state index in [4.69, 9.17) is 0 Å². The zero-order valence-electron chi connectivity index (χ0n) is 15.4. The lowest BCUT2D eigenvalue weighted by atomic mass is 10.1. The lowest BCUT2D eigenvalue weighted by Crippen LogP contribution is -2.36. The van der Waals surface area contributed by atoms with E-state index in [1.54, 1.807) is 12.1 Å². The smallest absolute Gasteiger partial charge is 0.294 e. The first kappa shape index (κ1) is 18.9. The number of hydrogen-bond donors (Lipinski definition) is 1. The maximum atomic E-state index is 12.5. The lowest BCUT2D eigenvalue weighted by Gasteiger charge is -2.13. The van der Waals surface area contributed by atoms with Gasteiger partial charge >= 0.3 is 0 Å². The van der Waals surface area contributed by atoms with Crippen molar-refractivity contribution in [1.29, 1.82) is 0 Å². The molecule has 3 rings (SSSR count). The third-order valence-electron chi connectivity index (χ3n) is 4.31. The molecule has 138 valence electrons.